The molecule has 25 heavy (non-hydrogen) atoms. The fraction of sp³-hybridized carbons (Fsp3) is 0.211. The van der Waals surface area contributed by atoms with Gasteiger partial charge < -0.3 is 19.5 Å². The zero-order chi connectivity index (χ0) is 17.2. The Morgan fingerprint density at radius 2 is 1.76 bits per heavy atom. The Balaban J connectivity index is 1.47. The van der Waals surface area contributed by atoms with Crippen molar-refractivity contribution < 1.29 is 19.0 Å². The normalized spacial score (nSPS) is 14.9. The van der Waals surface area contributed by atoms with Crippen molar-refractivity contribution >= 4 is 29.3 Å². The molecule has 0 aliphatic carbocycles. The maximum absolute atomic E-state index is 12.2. The molecule has 4 rings (SSSR count). The number of anilines is 1. The Hall–Kier alpha value is -2.66. The van der Waals surface area contributed by atoms with Crippen molar-refractivity contribution in [3.05, 3.63) is 52.6 Å². The Bertz CT molecular complexity index is 863. The van der Waals surface area contributed by atoms with E-state index in [1.807, 2.05) is 18.2 Å². The maximum Gasteiger partial charge on any atom is 0.248 e. The first kappa shape index (κ1) is 15.8. The second kappa shape index (κ2) is 6.69. The fourth-order valence-electron chi connectivity index (χ4n) is 2.82. The minimum atomic E-state index is -0.268. The van der Waals surface area contributed by atoms with Gasteiger partial charge in [-0.25, -0.2) is 0 Å². The molecule has 2 aliphatic rings. The highest BCUT2D eigenvalue weighted by Crippen LogP contribution is 2.38. The van der Waals surface area contributed by atoms with Crippen LogP contribution >= 0.6 is 11.6 Å². The summed E-state index contributed by atoms with van der Waals surface area (Å²) in [5.41, 5.74) is 2.60. The zero-order valence-corrected chi connectivity index (χ0v) is 14.1. The van der Waals surface area contributed by atoms with Gasteiger partial charge in [0.25, 0.3) is 0 Å². The second-order valence-corrected chi connectivity index (χ2v) is 6.17. The first-order chi connectivity index (χ1) is 12.2. The number of carbonyl (C=O) groups excluding carboxylic acids is 1. The lowest BCUT2D eigenvalue weighted by Gasteiger charge is -2.19. The fourth-order valence-corrected chi connectivity index (χ4v) is 3.02. The average molecular weight is 358 g/mol. The highest BCUT2D eigenvalue weighted by atomic mass is 35.5. The Morgan fingerprint density at radius 3 is 2.60 bits per heavy atom. The van der Waals surface area contributed by atoms with Crippen LogP contribution in [0.3, 0.4) is 0 Å². The quantitative estimate of drug-likeness (QED) is 0.851. The van der Waals surface area contributed by atoms with Crippen LogP contribution in [0.2, 0.25) is 5.02 Å². The standard InChI is InChI=1S/C19H16ClNO4/c20-14-10-17-18(25-8-7-24-17)11-15(14)21-19(22)4-2-12-1-3-16-13(9-12)5-6-23-16/h1-4,9-11H,5-8H2,(H,21,22)/b4-2+. The van der Waals surface area contributed by atoms with Crippen molar-refractivity contribution in [2.45, 2.75) is 6.42 Å². The lowest BCUT2D eigenvalue weighted by atomic mass is 10.1. The number of fused-ring (bicyclic) bond motifs is 2. The molecule has 0 fully saturated rings. The van der Waals surface area contributed by atoms with Crippen LogP contribution in [-0.2, 0) is 11.2 Å². The van der Waals surface area contributed by atoms with Crippen LogP contribution in [0.4, 0.5) is 5.69 Å². The molecule has 0 saturated heterocycles. The lowest BCUT2D eigenvalue weighted by molar-refractivity contribution is -0.111. The predicted octanol–water partition coefficient (Wildman–Crippen LogP) is 3.70. The summed E-state index contributed by atoms with van der Waals surface area (Å²) in [7, 11) is 0. The van der Waals surface area contributed by atoms with Gasteiger partial charge in [0.2, 0.25) is 5.91 Å². The van der Waals surface area contributed by atoms with E-state index < -0.39 is 0 Å². The number of amides is 1. The van der Waals surface area contributed by atoms with Gasteiger partial charge in [-0.3, -0.25) is 4.79 Å². The third kappa shape index (κ3) is 3.42. The summed E-state index contributed by atoms with van der Waals surface area (Å²) < 4.78 is 16.4. The van der Waals surface area contributed by atoms with Crippen LogP contribution in [0.25, 0.3) is 6.08 Å². The third-order valence-corrected chi connectivity index (χ3v) is 4.34. The number of nitrogens with one attached hydrogen (secondary N) is 1. The maximum atomic E-state index is 12.2. The van der Waals surface area contributed by atoms with Gasteiger partial charge in [0.05, 0.1) is 17.3 Å². The molecule has 0 radical (unpaired) electrons. The van der Waals surface area contributed by atoms with Gasteiger partial charge >= 0.3 is 0 Å². The third-order valence-electron chi connectivity index (χ3n) is 4.03. The number of hydrogen-bond donors (Lipinski definition) is 1. The van der Waals surface area contributed by atoms with Crippen molar-refractivity contribution in [2.24, 2.45) is 0 Å². The largest absolute Gasteiger partial charge is 0.493 e. The molecule has 0 saturated carbocycles. The Morgan fingerprint density at radius 1 is 1.00 bits per heavy atom. The molecule has 0 atom stereocenters. The van der Waals surface area contributed by atoms with Crippen LogP contribution in [0.1, 0.15) is 11.1 Å². The molecule has 5 nitrogen and oxygen atoms in total. The first-order valence-electron chi connectivity index (χ1n) is 8.03. The number of rotatable bonds is 3. The van der Waals surface area contributed by atoms with Crippen LogP contribution < -0.4 is 19.5 Å². The zero-order valence-electron chi connectivity index (χ0n) is 13.4. The van der Waals surface area contributed by atoms with Crippen molar-refractivity contribution in [1.29, 1.82) is 0 Å². The van der Waals surface area contributed by atoms with Crippen molar-refractivity contribution in [3.63, 3.8) is 0 Å². The van der Waals surface area contributed by atoms with Gasteiger partial charge in [-0.1, -0.05) is 17.7 Å². The summed E-state index contributed by atoms with van der Waals surface area (Å²) in [5.74, 6) is 1.82. The number of ether oxygens (including phenoxy) is 3. The van der Waals surface area contributed by atoms with Crippen molar-refractivity contribution in [2.75, 3.05) is 25.1 Å². The van der Waals surface area contributed by atoms with Crippen molar-refractivity contribution in [1.82, 2.24) is 0 Å². The van der Waals surface area contributed by atoms with Gasteiger partial charge in [0.15, 0.2) is 11.5 Å². The summed E-state index contributed by atoms with van der Waals surface area (Å²) in [6.07, 6.45) is 4.14. The topological polar surface area (TPSA) is 56.8 Å². The van der Waals surface area contributed by atoms with E-state index in [1.54, 1.807) is 18.2 Å². The van der Waals surface area contributed by atoms with Crippen molar-refractivity contribution in [3.8, 4) is 17.2 Å². The van der Waals surface area contributed by atoms with E-state index in [-0.39, 0.29) is 5.91 Å². The molecule has 0 bridgehead atoms. The molecule has 2 aromatic carbocycles. The lowest BCUT2D eigenvalue weighted by Crippen LogP contribution is -2.16. The van der Waals surface area contributed by atoms with Gasteiger partial charge in [-0.05, 0) is 29.3 Å². The summed E-state index contributed by atoms with van der Waals surface area (Å²) >= 11 is 6.20. The van der Waals surface area contributed by atoms with Crippen LogP contribution in [0, 0.1) is 0 Å². The van der Waals surface area contributed by atoms with Gasteiger partial charge in [-0.15, -0.1) is 0 Å². The van der Waals surface area contributed by atoms with E-state index in [9.17, 15) is 4.79 Å². The number of carbonyl (C=O) groups is 1. The highest BCUT2D eigenvalue weighted by molar-refractivity contribution is 6.34. The molecule has 0 spiro atoms. The number of benzene rings is 2. The number of hydrogen-bond acceptors (Lipinski definition) is 4. The minimum Gasteiger partial charge on any atom is -0.493 e. The average Bonchev–Trinajstić information content (AvgIpc) is 3.08. The van der Waals surface area contributed by atoms with Gasteiger partial charge in [0.1, 0.15) is 19.0 Å². The van der Waals surface area contributed by atoms with Gasteiger partial charge in [0, 0.05) is 24.6 Å². The summed E-state index contributed by atoms with van der Waals surface area (Å²) in [4.78, 5) is 12.2. The molecular formula is C19H16ClNO4. The smallest absolute Gasteiger partial charge is 0.248 e. The molecule has 6 heteroatoms. The monoisotopic (exact) mass is 357 g/mol. The summed E-state index contributed by atoms with van der Waals surface area (Å²) in [5, 5.41) is 3.17. The molecule has 0 aromatic heterocycles. The highest BCUT2D eigenvalue weighted by Gasteiger charge is 2.16. The summed E-state index contributed by atoms with van der Waals surface area (Å²) in [6.45, 7) is 1.68. The molecule has 2 aliphatic heterocycles. The molecule has 1 N–H and O–H groups in total. The Kier molecular flexibility index (Phi) is 4.24. The van der Waals surface area contributed by atoms with Gasteiger partial charge in [-0.2, -0.15) is 0 Å². The molecule has 1 amide bonds. The van der Waals surface area contributed by atoms with E-state index in [2.05, 4.69) is 5.32 Å². The van der Waals surface area contributed by atoms with E-state index in [1.165, 1.54) is 6.08 Å². The van der Waals surface area contributed by atoms with Crippen LogP contribution in [0.5, 0.6) is 17.2 Å². The Labute approximate surface area is 150 Å². The summed E-state index contributed by atoms with van der Waals surface area (Å²) in [6, 6.07) is 9.21. The van der Waals surface area contributed by atoms with E-state index in [0.29, 0.717) is 42.0 Å². The SMILES string of the molecule is O=C(/C=C/c1ccc2c(c1)CCO2)Nc1cc2c(cc1Cl)OCCO2. The molecule has 0 unspecified atom stereocenters. The van der Waals surface area contributed by atoms with E-state index in [4.69, 9.17) is 25.8 Å². The second-order valence-electron chi connectivity index (χ2n) is 5.76. The van der Waals surface area contributed by atoms with Crippen LogP contribution in [-0.4, -0.2) is 25.7 Å². The minimum absolute atomic E-state index is 0.268. The van der Waals surface area contributed by atoms with Crippen LogP contribution in [0.15, 0.2) is 36.4 Å². The van der Waals surface area contributed by atoms with E-state index in [0.717, 1.165) is 23.3 Å². The first-order valence-corrected chi connectivity index (χ1v) is 8.41. The molecule has 2 aromatic rings. The van der Waals surface area contributed by atoms with E-state index >= 15 is 0 Å². The molecular weight excluding hydrogens is 342 g/mol. The number of halogens is 1. The predicted molar refractivity (Wildman–Crippen MR) is 95.7 cm³/mol. The molecule has 128 valence electrons. The molecule has 2 heterocycles.